The average molecular weight is 247 g/mol. The van der Waals surface area contributed by atoms with E-state index in [4.69, 9.17) is 5.11 Å². The molecule has 2 nitrogen and oxygen atoms in total. The van der Waals surface area contributed by atoms with Crippen LogP contribution in [-0.2, 0) is 11.2 Å². The van der Waals surface area contributed by atoms with Crippen LogP contribution in [0.2, 0.25) is 0 Å². The van der Waals surface area contributed by atoms with Crippen molar-refractivity contribution in [1.29, 1.82) is 0 Å². The Bertz CT molecular complexity index is 304. The molecule has 0 aliphatic heterocycles. The van der Waals surface area contributed by atoms with Crippen molar-refractivity contribution in [2.24, 2.45) is 0 Å². The van der Waals surface area contributed by atoms with Crippen LogP contribution in [0.15, 0.2) is 28.1 Å². The van der Waals surface area contributed by atoms with Gasteiger partial charge in [-0.25, -0.2) is 4.79 Å². The summed E-state index contributed by atoms with van der Waals surface area (Å²) in [6.07, 6.45) is 3.48. The lowest BCUT2D eigenvalue weighted by Crippen LogP contribution is -1.86. The van der Waals surface area contributed by atoms with Crippen molar-refractivity contribution in [3.05, 3.63) is 32.9 Å². The predicted octanol–water partition coefficient (Wildman–Crippen LogP) is 2.69. The van der Waals surface area contributed by atoms with Gasteiger partial charge in [-0.05, 0) is 28.1 Å². The molecule has 64 valence electrons. The van der Waals surface area contributed by atoms with E-state index in [-0.39, 0.29) is 0 Å². The molecular formula is C8H7BrO2S. The van der Waals surface area contributed by atoms with Crippen molar-refractivity contribution in [3.8, 4) is 0 Å². The average Bonchev–Trinajstić information content (AvgIpc) is 2.35. The molecule has 0 amide bonds. The standard InChI is InChI=1S/C8H7BrO2S/c9-7-5-4-6(12-7)2-1-3-8(10)11/h1,3-5H,2H2,(H,10,11)/b3-1+. The van der Waals surface area contributed by atoms with Crippen LogP contribution in [0.25, 0.3) is 0 Å². The van der Waals surface area contributed by atoms with Gasteiger partial charge in [0, 0.05) is 17.4 Å². The van der Waals surface area contributed by atoms with Crippen molar-refractivity contribution in [3.63, 3.8) is 0 Å². The smallest absolute Gasteiger partial charge is 0.327 e. The van der Waals surface area contributed by atoms with Crippen LogP contribution in [-0.4, -0.2) is 11.1 Å². The number of carboxylic acid groups (broad SMARTS) is 1. The van der Waals surface area contributed by atoms with E-state index in [1.165, 1.54) is 0 Å². The van der Waals surface area contributed by atoms with Crippen LogP contribution >= 0.6 is 27.3 Å². The fraction of sp³-hybridized carbons (Fsp3) is 0.125. The van der Waals surface area contributed by atoms with Gasteiger partial charge in [0.25, 0.3) is 0 Å². The number of hydrogen-bond donors (Lipinski definition) is 1. The maximum absolute atomic E-state index is 10.1. The Morgan fingerprint density at radius 2 is 2.42 bits per heavy atom. The number of carbonyl (C=O) groups is 1. The summed E-state index contributed by atoms with van der Waals surface area (Å²) in [5.74, 6) is -0.898. The van der Waals surface area contributed by atoms with E-state index >= 15 is 0 Å². The Kier molecular flexibility index (Phi) is 3.49. The van der Waals surface area contributed by atoms with Crippen molar-refractivity contribution >= 4 is 33.2 Å². The second kappa shape index (κ2) is 4.42. The van der Waals surface area contributed by atoms with Gasteiger partial charge in [0.15, 0.2) is 0 Å². The topological polar surface area (TPSA) is 37.3 Å². The largest absolute Gasteiger partial charge is 0.478 e. The van der Waals surface area contributed by atoms with Gasteiger partial charge in [0.2, 0.25) is 0 Å². The Labute approximate surface area is 82.7 Å². The van der Waals surface area contributed by atoms with Gasteiger partial charge < -0.3 is 5.11 Å². The molecule has 1 rings (SSSR count). The lowest BCUT2D eigenvalue weighted by atomic mass is 10.3. The molecule has 0 unspecified atom stereocenters. The number of allylic oxidation sites excluding steroid dienone is 1. The van der Waals surface area contributed by atoms with Crippen LogP contribution in [0.4, 0.5) is 0 Å². The second-order valence-electron chi connectivity index (χ2n) is 2.15. The first kappa shape index (κ1) is 9.48. The van der Waals surface area contributed by atoms with Crippen molar-refractivity contribution in [2.75, 3.05) is 0 Å². The number of hydrogen-bond acceptors (Lipinski definition) is 2. The fourth-order valence-electron chi connectivity index (χ4n) is 0.737. The molecule has 0 fully saturated rings. The van der Waals surface area contributed by atoms with Crippen LogP contribution in [0.5, 0.6) is 0 Å². The van der Waals surface area contributed by atoms with Crippen molar-refractivity contribution in [2.45, 2.75) is 6.42 Å². The Morgan fingerprint density at radius 1 is 1.67 bits per heavy atom. The molecule has 0 aromatic carbocycles. The minimum Gasteiger partial charge on any atom is -0.478 e. The Balaban J connectivity index is 2.48. The molecule has 0 radical (unpaired) electrons. The maximum Gasteiger partial charge on any atom is 0.327 e. The molecule has 12 heavy (non-hydrogen) atoms. The highest BCUT2D eigenvalue weighted by molar-refractivity contribution is 9.11. The van der Waals surface area contributed by atoms with E-state index in [0.717, 1.165) is 14.7 Å². The van der Waals surface area contributed by atoms with Crippen molar-refractivity contribution < 1.29 is 9.90 Å². The molecule has 0 bridgehead atoms. The Morgan fingerprint density at radius 3 is 2.92 bits per heavy atom. The molecule has 1 N–H and O–H groups in total. The maximum atomic E-state index is 10.1. The van der Waals surface area contributed by atoms with E-state index < -0.39 is 5.97 Å². The van der Waals surface area contributed by atoms with E-state index in [9.17, 15) is 4.79 Å². The van der Waals surface area contributed by atoms with Crippen LogP contribution < -0.4 is 0 Å². The van der Waals surface area contributed by atoms with Gasteiger partial charge >= 0.3 is 5.97 Å². The molecule has 1 heterocycles. The first-order chi connectivity index (χ1) is 5.68. The van der Waals surface area contributed by atoms with Gasteiger partial charge in [-0.15, -0.1) is 11.3 Å². The van der Waals surface area contributed by atoms with Gasteiger partial charge in [-0.1, -0.05) is 6.08 Å². The number of aliphatic carboxylic acids is 1. The highest BCUT2D eigenvalue weighted by atomic mass is 79.9. The zero-order valence-corrected chi connectivity index (χ0v) is 8.56. The molecule has 0 atom stereocenters. The van der Waals surface area contributed by atoms with Crippen LogP contribution in [0.3, 0.4) is 0 Å². The monoisotopic (exact) mass is 246 g/mol. The molecule has 4 heteroatoms. The zero-order chi connectivity index (χ0) is 8.97. The summed E-state index contributed by atoms with van der Waals surface area (Å²) >= 11 is 4.94. The first-order valence-corrected chi connectivity index (χ1v) is 4.93. The van der Waals surface area contributed by atoms with Crippen LogP contribution in [0, 0.1) is 0 Å². The number of thiophene rings is 1. The van der Waals surface area contributed by atoms with Crippen LogP contribution in [0.1, 0.15) is 4.88 Å². The third-order valence-electron chi connectivity index (χ3n) is 1.21. The lowest BCUT2D eigenvalue weighted by Gasteiger charge is -1.85. The molecule has 0 aliphatic rings. The molecule has 0 saturated heterocycles. The minimum atomic E-state index is -0.898. The van der Waals surface area contributed by atoms with E-state index in [2.05, 4.69) is 15.9 Å². The molecule has 1 aromatic heterocycles. The third-order valence-corrected chi connectivity index (χ3v) is 2.85. The summed E-state index contributed by atoms with van der Waals surface area (Å²) < 4.78 is 1.07. The van der Waals surface area contributed by atoms with Gasteiger partial charge in [-0.3, -0.25) is 0 Å². The van der Waals surface area contributed by atoms with Gasteiger partial charge in [-0.2, -0.15) is 0 Å². The molecule has 1 aromatic rings. The zero-order valence-electron chi connectivity index (χ0n) is 6.16. The second-order valence-corrected chi connectivity index (χ2v) is 4.70. The number of rotatable bonds is 3. The predicted molar refractivity (Wildman–Crippen MR) is 52.5 cm³/mol. The summed E-state index contributed by atoms with van der Waals surface area (Å²) in [4.78, 5) is 11.3. The lowest BCUT2D eigenvalue weighted by molar-refractivity contribution is -0.131. The molecule has 0 aliphatic carbocycles. The summed E-state index contributed by atoms with van der Waals surface area (Å²) in [7, 11) is 0. The third kappa shape index (κ3) is 3.19. The number of carboxylic acids is 1. The number of halogens is 1. The minimum absolute atomic E-state index is 0.683. The van der Waals surface area contributed by atoms with E-state index in [0.29, 0.717) is 6.42 Å². The summed E-state index contributed by atoms with van der Waals surface area (Å²) in [6, 6.07) is 3.93. The molecular weight excluding hydrogens is 240 g/mol. The Hall–Kier alpha value is -0.610. The highest BCUT2D eigenvalue weighted by Crippen LogP contribution is 2.22. The highest BCUT2D eigenvalue weighted by Gasteiger charge is 1.94. The SMILES string of the molecule is O=C(O)/C=C/Cc1ccc(Br)s1. The normalized spacial score (nSPS) is 10.8. The van der Waals surface area contributed by atoms with Gasteiger partial charge in [0.1, 0.15) is 0 Å². The van der Waals surface area contributed by atoms with Gasteiger partial charge in [0.05, 0.1) is 3.79 Å². The van der Waals surface area contributed by atoms with E-state index in [1.54, 1.807) is 17.4 Å². The summed E-state index contributed by atoms with van der Waals surface area (Å²) in [6.45, 7) is 0. The quantitative estimate of drug-likeness (QED) is 0.834. The van der Waals surface area contributed by atoms with Crippen molar-refractivity contribution in [1.82, 2.24) is 0 Å². The molecule has 0 spiro atoms. The first-order valence-electron chi connectivity index (χ1n) is 3.32. The molecule has 0 saturated carbocycles. The summed E-state index contributed by atoms with van der Waals surface area (Å²) in [5.41, 5.74) is 0. The summed E-state index contributed by atoms with van der Waals surface area (Å²) in [5, 5.41) is 8.30. The van der Waals surface area contributed by atoms with E-state index in [1.807, 2.05) is 12.1 Å². The fourth-order valence-corrected chi connectivity index (χ4v) is 2.20.